The van der Waals surface area contributed by atoms with Gasteiger partial charge in [0.1, 0.15) is 4.64 Å². The van der Waals surface area contributed by atoms with E-state index in [9.17, 15) is 4.79 Å². The van der Waals surface area contributed by atoms with Crippen LogP contribution in [0.15, 0.2) is 35.1 Å². The standard InChI is InChI=1S/C16H18N2OS/c19-16-17-15(20)13-8-4-5-9-14(13)18(16)11-10-12-6-2-1-3-7-12/h1-3,6-7H,4-5,8-11H2,(H,17,19,20). The number of rotatable bonds is 3. The van der Waals surface area contributed by atoms with Crippen molar-refractivity contribution in [3.05, 3.63) is 62.3 Å². The van der Waals surface area contributed by atoms with Gasteiger partial charge in [-0.25, -0.2) is 4.79 Å². The average molecular weight is 286 g/mol. The molecule has 1 aliphatic carbocycles. The van der Waals surface area contributed by atoms with Gasteiger partial charge in [0.05, 0.1) is 0 Å². The minimum atomic E-state index is -0.0634. The Bertz CT molecular complexity index is 715. The number of aromatic nitrogens is 2. The molecule has 0 bridgehead atoms. The first-order valence-corrected chi connectivity index (χ1v) is 7.55. The molecule has 2 aromatic rings. The molecule has 0 aliphatic heterocycles. The smallest absolute Gasteiger partial charge is 0.298 e. The van der Waals surface area contributed by atoms with Crippen LogP contribution in [0.2, 0.25) is 0 Å². The predicted molar refractivity (Wildman–Crippen MR) is 82.7 cm³/mol. The summed E-state index contributed by atoms with van der Waals surface area (Å²) < 4.78 is 2.53. The Labute approximate surface area is 123 Å². The van der Waals surface area contributed by atoms with Crippen molar-refractivity contribution in [2.24, 2.45) is 0 Å². The summed E-state index contributed by atoms with van der Waals surface area (Å²) in [4.78, 5) is 15.0. The van der Waals surface area contributed by atoms with Crippen molar-refractivity contribution < 1.29 is 0 Å². The lowest BCUT2D eigenvalue weighted by molar-refractivity contribution is 0.555. The maximum absolute atomic E-state index is 12.2. The van der Waals surface area contributed by atoms with Gasteiger partial charge in [-0.1, -0.05) is 42.5 Å². The van der Waals surface area contributed by atoms with E-state index in [1.807, 2.05) is 22.8 Å². The third-order valence-corrected chi connectivity index (χ3v) is 4.32. The monoisotopic (exact) mass is 286 g/mol. The number of hydrogen-bond acceptors (Lipinski definition) is 2. The fourth-order valence-corrected chi connectivity index (χ4v) is 3.22. The molecule has 0 atom stereocenters. The molecule has 20 heavy (non-hydrogen) atoms. The van der Waals surface area contributed by atoms with Crippen LogP contribution in [-0.2, 0) is 25.8 Å². The summed E-state index contributed by atoms with van der Waals surface area (Å²) in [6.45, 7) is 0.720. The third kappa shape index (κ3) is 2.61. The molecule has 1 aliphatic rings. The highest BCUT2D eigenvalue weighted by atomic mass is 32.1. The summed E-state index contributed by atoms with van der Waals surface area (Å²) in [6.07, 6.45) is 5.16. The zero-order valence-electron chi connectivity index (χ0n) is 11.4. The number of nitrogens with one attached hydrogen (secondary N) is 1. The van der Waals surface area contributed by atoms with Crippen LogP contribution in [0.5, 0.6) is 0 Å². The van der Waals surface area contributed by atoms with E-state index < -0.39 is 0 Å². The molecular weight excluding hydrogens is 268 g/mol. The summed E-state index contributed by atoms with van der Waals surface area (Å²) in [5, 5.41) is 0. The molecule has 1 aromatic heterocycles. The Morgan fingerprint density at radius 1 is 1.15 bits per heavy atom. The molecule has 0 unspecified atom stereocenters. The lowest BCUT2D eigenvalue weighted by Gasteiger charge is -2.20. The van der Waals surface area contributed by atoms with E-state index >= 15 is 0 Å². The van der Waals surface area contributed by atoms with Gasteiger partial charge in [-0.15, -0.1) is 0 Å². The third-order valence-electron chi connectivity index (χ3n) is 3.97. The maximum atomic E-state index is 12.2. The molecule has 4 heteroatoms. The second kappa shape index (κ2) is 5.75. The van der Waals surface area contributed by atoms with Crippen LogP contribution in [0.4, 0.5) is 0 Å². The molecule has 0 spiro atoms. The fraction of sp³-hybridized carbons (Fsp3) is 0.375. The zero-order chi connectivity index (χ0) is 13.9. The van der Waals surface area contributed by atoms with Crippen molar-refractivity contribution in [2.45, 2.75) is 38.6 Å². The molecule has 1 N–H and O–H groups in total. The van der Waals surface area contributed by atoms with Gasteiger partial charge >= 0.3 is 5.69 Å². The van der Waals surface area contributed by atoms with Crippen molar-refractivity contribution in [1.82, 2.24) is 9.55 Å². The van der Waals surface area contributed by atoms with Crippen LogP contribution in [0, 0.1) is 4.64 Å². The molecule has 0 saturated carbocycles. The van der Waals surface area contributed by atoms with Crippen LogP contribution < -0.4 is 5.69 Å². The SMILES string of the molecule is O=c1[nH]c(=S)c2c(n1CCc1ccccc1)CCCC2. The highest BCUT2D eigenvalue weighted by Gasteiger charge is 2.16. The molecule has 0 radical (unpaired) electrons. The Hall–Kier alpha value is -1.68. The molecule has 3 rings (SSSR count). The fourth-order valence-electron chi connectivity index (χ4n) is 2.92. The van der Waals surface area contributed by atoms with E-state index in [-0.39, 0.29) is 5.69 Å². The normalized spacial score (nSPS) is 14.0. The minimum absolute atomic E-state index is 0.0634. The van der Waals surface area contributed by atoms with Crippen molar-refractivity contribution in [2.75, 3.05) is 0 Å². The average Bonchev–Trinajstić information content (AvgIpc) is 2.48. The summed E-state index contributed by atoms with van der Waals surface area (Å²) in [7, 11) is 0. The van der Waals surface area contributed by atoms with Gasteiger partial charge in [-0.2, -0.15) is 0 Å². The number of aryl methyl sites for hydroxylation is 1. The second-order valence-corrected chi connectivity index (χ2v) is 5.69. The first-order chi connectivity index (χ1) is 9.75. The number of fused-ring (bicyclic) bond motifs is 1. The van der Waals surface area contributed by atoms with Gasteiger partial charge in [0, 0.05) is 17.8 Å². The molecule has 104 valence electrons. The molecule has 0 fully saturated rings. The molecular formula is C16H18N2OS. The van der Waals surface area contributed by atoms with Crippen LogP contribution in [-0.4, -0.2) is 9.55 Å². The summed E-state index contributed by atoms with van der Waals surface area (Å²) in [5.74, 6) is 0. The van der Waals surface area contributed by atoms with Crippen molar-refractivity contribution in [3.63, 3.8) is 0 Å². The lowest BCUT2D eigenvalue weighted by atomic mass is 9.97. The zero-order valence-corrected chi connectivity index (χ0v) is 12.2. The molecule has 1 heterocycles. The quantitative estimate of drug-likeness (QED) is 0.881. The van der Waals surface area contributed by atoms with Crippen molar-refractivity contribution in [3.8, 4) is 0 Å². The molecule has 3 nitrogen and oxygen atoms in total. The highest BCUT2D eigenvalue weighted by Crippen LogP contribution is 2.20. The van der Waals surface area contributed by atoms with Gasteiger partial charge in [-0.05, 0) is 37.7 Å². The number of nitrogens with zero attached hydrogens (tertiary/aromatic N) is 1. The topological polar surface area (TPSA) is 37.8 Å². The molecule has 1 aromatic carbocycles. The van der Waals surface area contributed by atoms with E-state index in [0.29, 0.717) is 4.64 Å². The Morgan fingerprint density at radius 2 is 1.90 bits per heavy atom. The van der Waals surface area contributed by atoms with E-state index in [0.717, 1.165) is 37.9 Å². The Kier molecular flexibility index (Phi) is 3.83. The van der Waals surface area contributed by atoms with Crippen LogP contribution in [0.1, 0.15) is 29.7 Å². The first-order valence-electron chi connectivity index (χ1n) is 7.14. The summed E-state index contributed by atoms with van der Waals surface area (Å²) in [5.41, 5.74) is 3.53. The van der Waals surface area contributed by atoms with Gasteiger partial charge in [0.15, 0.2) is 0 Å². The minimum Gasteiger partial charge on any atom is -0.298 e. The van der Waals surface area contributed by atoms with E-state index in [1.54, 1.807) is 0 Å². The number of benzene rings is 1. The molecule has 0 saturated heterocycles. The van der Waals surface area contributed by atoms with Crippen molar-refractivity contribution in [1.29, 1.82) is 0 Å². The maximum Gasteiger partial charge on any atom is 0.326 e. The highest BCUT2D eigenvalue weighted by molar-refractivity contribution is 7.71. The van der Waals surface area contributed by atoms with Crippen molar-refractivity contribution >= 4 is 12.2 Å². The summed E-state index contributed by atoms with van der Waals surface area (Å²) in [6, 6.07) is 10.3. The Balaban J connectivity index is 1.93. The van der Waals surface area contributed by atoms with Crippen LogP contribution in [0.25, 0.3) is 0 Å². The largest absolute Gasteiger partial charge is 0.326 e. The Morgan fingerprint density at radius 3 is 2.70 bits per heavy atom. The first kappa shape index (κ1) is 13.3. The molecule has 0 amide bonds. The van der Waals surface area contributed by atoms with Crippen LogP contribution >= 0.6 is 12.2 Å². The number of H-pyrrole nitrogens is 1. The predicted octanol–water partition coefficient (Wildman–Crippen LogP) is 3.03. The van der Waals surface area contributed by atoms with Crippen LogP contribution in [0.3, 0.4) is 0 Å². The van der Waals surface area contributed by atoms with Gasteiger partial charge in [-0.3, -0.25) is 9.55 Å². The summed E-state index contributed by atoms with van der Waals surface area (Å²) >= 11 is 5.29. The van der Waals surface area contributed by atoms with E-state index in [4.69, 9.17) is 12.2 Å². The van der Waals surface area contributed by atoms with E-state index in [2.05, 4.69) is 17.1 Å². The van der Waals surface area contributed by atoms with Gasteiger partial charge < -0.3 is 0 Å². The van der Waals surface area contributed by atoms with Gasteiger partial charge in [0.25, 0.3) is 0 Å². The number of aromatic amines is 1. The van der Waals surface area contributed by atoms with Gasteiger partial charge in [0.2, 0.25) is 0 Å². The van der Waals surface area contributed by atoms with E-state index in [1.165, 1.54) is 17.5 Å². The second-order valence-electron chi connectivity index (χ2n) is 5.28. The number of hydrogen-bond donors (Lipinski definition) is 1. The lowest BCUT2D eigenvalue weighted by Crippen LogP contribution is -2.30.